The van der Waals surface area contributed by atoms with Crippen LogP contribution in [0.3, 0.4) is 0 Å². The van der Waals surface area contributed by atoms with E-state index >= 15 is 0 Å². The van der Waals surface area contributed by atoms with Crippen LogP contribution in [0.4, 0.5) is 5.00 Å². The van der Waals surface area contributed by atoms with Crippen molar-refractivity contribution < 1.29 is 9.00 Å². The van der Waals surface area contributed by atoms with Crippen LogP contribution in [0.1, 0.15) is 27.2 Å². The molecule has 74 valence electrons. The molecule has 0 spiro atoms. The Morgan fingerprint density at radius 1 is 1.29 bits per heavy atom. The van der Waals surface area contributed by atoms with Gasteiger partial charge in [-0.05, 0) is 24.8 Å². The fraction of sp³-hybridized carbons (Fsp3) is 0.375. The maximum Gasteiger partial charge on any atom is 0.267 e. The number of amides is 1. The summed E-state index contributed by atoms with van der Waals surface area (Å²) in [6.07, 6.45) is 3.16. The van der Waals surface area contributed by atoms with Gasteiger partial charge in [-0.2, -0.15) is 0 Å². The third-order valence-electron chi connectivity index (χ3n) is 2.52. The van der Waals surface area contributed by atoms with Gasteiger partial charge in [0.25, 0.3) is 5.91 Å². The fourth-order valence-corrected chi connectivity index (χ4v) is 4.09. The molecule has 1 aliphatic heterocycles. The Labute approximate surface area is 87.4 Å². The molecule has 1 atom stereocenters. The SMILES string of the molecule is O=C1N[S@@](=O)Nc2sc3c(c21)CCC3. The smallest absolute Gasteiger partial charge is 0.267 e. The Morgan fingerprint density at radius 2 is 2.14 bits per heavy atom. The average Bonchev–Trinajstić information content (AvgIpc) is 2.60. The van der Waals surface area contributed by atoms with E-state index in [1.807, 2.05) is 0 Å². The van der Waals surface area contributed by atoms with Gasteiger partial charge >= 0.3 is 0 Å². The van der Waals surface area contributed by atoms with Gasteiger partial charge in [-0.3, -0.25) is 14.2 Å². The molecule has 0 radical (unpaired) electrons. The molecule has 1 aliphatic carbocycles. The molecule has 0 bridgehead atoms. The third-order valence-corrected chi connectivity index (χ3v) is 4.62. The molecule has 0 aromatic carbocycles. The summed E-state index contributed by atoms with van der Waals surface area (Å²) in [5, 5.41) is 0.775. The number of anilines is 1. The van der Waals surface area contributed by atoms with Gasteiger partial charge in [-0.15, -0.1) is 11.3 Å². The summed E-state index contributed by atoms with van der Waals surface area (Å²) < 4.78 is 16.3. The summed E-state index contributed by atoms with van der Waals surface area (Å²) in [6, 6.07) is 0. The summed E-state index contributed by atoms with van der Waals surface area (Å²) in [5.41, 5.74) is 1.88. The van der Waals surface area contributed by atoms with Crippen molar-refractivity contribution in [2.75, 3.05) is 4.72 Å². The minimum atomic E-state index is -1.44. The summed E-state index contributed by atoms with van der Waals surface area (Å²) in [6.45, 7) is 0. The molecule has 1 aromatic rings. The molecule has 14 heavy (non-hydrogen) atoms. The molecule has 2 heterocycles. The molecule has 0 saturated carbocycles. The van der Waals surface area contributed by atoms with Crippen LogP contribution < -0.4 is 9.44 Å². The highest BCUT2D eigenvalue weighted by molar-refractivity contribution is 7.85. The lowest BCUT2D eigenvalue weighted by atomic mass is 10.1. The highest BCUT2D eigenvalue weighted by Crippen LogP contribution is 2.40. The van der Waals surface area contributed by atoms with E-state index in [2.05, 4.69) is 9.44 Å². The first-order chi connectivity index (χ1) is 6.75. The zero-order chi connectivity index (χ0) is 9.71. The quantitative estimate of drug-likeness (QED) is 0.695. The number of rotatable bonds is 0. The minimum absolute atomic E-state index is 0.198. The molecule has 2 N–H and O–H groups in total. The summed E-state index contributed by atoms with van der Waals surface area (Å²) in [5.74, 6) is -0.198. The maximum atomic E-state index is 11.6. The van der Waals surface area contributed by atoms with Gasteiger partial charge < -0.3 is 0 Å². The number of hydrogen-bond acceptors (Lipinski definition) is 3. The molecule has 3 rings (SSSR count). The van der Waals surface area contributed by atoms with E-state index in [1.54, 1.807) is 11.3 Å². The molecule has 0 fully saturated rings. The Kier molecular flexibility index (Phi) is 1.69. The van der Waals surface area contributed by atoms with Gasteiger partial charge in [0.1, 0.15) is 5.00 Å². The van der Waals surface area contributed by atoms with Crippen LogP contribution in [-0.4, -0.2) is 10.1 Å². The lowest BCUT2D eigenvalue weighted by Crippen LogP contribution is -2.35. The molecule has 4 nitrogen and oxygen atoms in total. The third kappa shape index (κ3) is 1.04. The zero-order valence-corrected chi connectivity index (χ0v) is 8.89. The standard InChI is InChI=1S/C8H8N2O2S2/c11-7-6-4-2-1-3-5(4)13-8(6)10-14(12)9-7/h10H,1-3H2,(H,9,11)/t14-/m1/s1. The maximum absolute atomic E-state index is 11.6. The fourth-order valence-electron chi connectivity index (χ4n) is 1.96. The van der Waals surface area contributed by atoms with Crippen LogP contribution in [0.25, 0.3) is 0 Å². The van der Waals surface area contributed by atoms with Gasteiger partial charge in [0, 0.05) is 4.88 Å². The Morgan fingerprint density at radius 3 is 3.00 bits per heavy atom. The number of carbonyl (C=O) groups is 1. The van der Waals surface area contributed by atoms with Crippen LogP contribution in [0, 0.1) is 0 Å². The van der Waals surface area contributed by atoms with Gasteiger partial charge in [-0.1, -0.05) is 0 Å². The molecule has 2 aliphatic rings. The molecular weight excluding hydrogens is 220 g/mol. The van der Waals surface area contributed by atoms with Crippen LogP contribution in [0.5, 0.6) is 0 Å². The van der Waals surface area contributed by atoms with Crippen molar-refractivity contribution >= 4 is 33.4 Å². The van der Waals surface area contributed by atoms with Crippen molar-refractivity contribution in [2.45, 2.75) is 19.3 Å². The van der Waals surface area contributed by atoms with E-state index in [0.717, 1.165) is 35.4 Å². The Bertz CT molecular complexity index is 452. The lowest BCUT2D eigenvalue weighted by Gasteiger charge is -2.14. The number of fused-ring (bicyclic) bond motifs is 3. The van der Waals surface area contributed by atoms with Crippen molar-refractivity contribution in [3.05, 3.63) is 16.0 Å². The van der Waals surface area contributed by atoms with E-state index in [1.165, 1.54) is 4.88 Å². The van der Waals surface area contributed by atoms with Gasteiger partial charge in [0.15, 0.2) is 0 Å². The second-order valence-corrected chi connectivity index (χ2v) is 5.41. The largest absolute Gasteiger partial charge is 0.278 e. The van der Waals surface area contributed by atoms with Gasteiger partial charge in [0.2, 0.25) is 11.2 Å². The van der Waals surface area contributed by atoms with Gasteiger partial charge in [-0.25, -0.2) is 4.21 Å². The molecular formula is C8H8N2O2S2. The molecule has 1 aromatic heterocycles. The summed E-state index contributed by atoms with van der Waals surface area (Å²) in [7, 11) is 0. The topological polar surface area (TPSA) is 58.2 Å². The Balaban J connectivity index is 2.20. The summed E-state index contributed by atoms with van der Waals surface area (Å²) in [4.78, 5) is 12.9. The normalized spacial score (nSPS) is 23.7. The zero-order valence-electron chi connectivity index (χ0n) is 7.25. The number of hydrogen-bond donors (Lipinski definition) is 2. The second-order valence-electron chi connectivity index (χ2n) is 3.36. The van der Waals surface area contributed by atoms with E-state index in [4.69, 9.17) is 0 Å². The van der Waals surface area contributed by atoms with Crippen LogP contribution in [-0.2, 0) is 24.0 Å². The lowest BCUT2D eigenvalue weighted by molar-refractivity contribution is 0.0982. The number of aryl methyl sites for hydroxylation is 1. The van der Waals surface area contributed by atoms with Crippen LogP contribution >= 0.6 is 11.3 Å². The van der Waals surface area contributed by atoms with E-state index in [9.17, 15) is 9.00 Å². The van der Waals surface area contributed by atoms with E-state index in [0.29, 0.717) is 0 Å². The van der Waals surface area contributed by atoms with E-state index < -0.39 is 11.2 Å². The summed E-state index contributed by atoms with van der Waals surface area (Å²) >= 11 is 0.123. The van der Waals surface area contributed by atoms with Crippen molar-refractivity contribution in [3.8, 4) is 0 Å². The van der Waals surface area contributed by atoms with Crippen molar-refractivity contribution in [1.29, 1.82) is 0 Å². The first-order valence-corrected chi connectivity index (χ1v) is 6.36. The van der Waals surface area contributed by atoms with Crippen molar-refractivity contribution in [2.24, 2.45) is 0 Å². The highest BCUT2D eigenvalue weighted by atomic mass is 32.2. The first-order valence-electron chi connectivity index (χ1n) is 4.39. The number of thiophene rings is 1. The second kappa shape index (κ2) is 2.80. The predicted octanol–water partition coefficient (Wildman–Crippen LogP) is 0.971. The van der Waals surface area contributed by atoms with Crippen LogP contribution in [0.2, 0.25) is 0 Å². The highest BCUT2D eigenvalue weighted by Gasteiger charge is 2.30. The van der Waals surface area contributed by atoms with Crippen molar-refractivity contribution in [3.63, 3.8) is 0 Å². The first kappa shape index (κ1) is 8.43. The molecule has 0 saturated heterocycles. The molecule has 6 heteroatoms. The Hall–Kier alpha value is -0.880. The minimum Gasteiger partial charge on any atom is -0.278 e. The van der Waals surface area contributed by atoms with Crippen molar-refractivity contribution in [1.82, 2.24) is 4.72 Å². The monoisotopic (exact) mass is 228 g/mol. The molecule has 0 unspecified atom stereocenters. The average molecular weight is 228 g/mol. The number of carbonyl (C=O) groups excluding carboxylic acids is 1. The van der Waals surface area contributed by atoms with E-state index in [-0.39, 0.29) is 5.91 Å². The number of nitrogens with one attached hydrogen (secondary N) is 2. The molecule has 1 amide bonds. The predicted molar refractivity (Wildman–Crippen MR) is 55.6 cm³/mol. The van der Waals surface area contributed by atoms with Gasteiger partial charge in [0.05, 0.1) is 5.56 Å². The van der Waals surface area contributed by atoms with Crippen LogP contribution in [0.15, 0.2) is 0 Å².